The Balaban J connectivity index is 2.28. The Morgan fingerprint density at radius 1 is 1.33 bits per heavy atom. The van der Waals surface area contributed by atoms with E-state index >= 15 is 0 Å². The van der Waals surface area contributed by atoms with Gasteiger partial charge in [0.1, 0.15) is 5.75 Å². The molecule has 0 fully saturated rings. The maximum absolute atomic E-state index is 5.39. The molecule has 0 aliphatic rings. The number of hydrogen-bond donors (Lipinski definition) is 1. The second-order valence-electron chi connectivity index (χ2n) is 2.73. The van der Waals surface area contributed by atoms with E-state index in [2.05, 4.69) is 9.36 Å². The van der Waals surface area contributed by atoms with E-state index in [1.54, 1.807) is 7.11 Å². The zero-order chi connectivity index (χ0) is 10.7. The fraction of sp³-hybridized carbons (Fsp3) is 0.111. The second-order valence-corrected chi connectivity index (χ2v) is 4.36. The van der Waals surface area contributed by atoms with Gasteiger partial charge in [-0.15, -0.1) is 0 Å². The van der Waals surface area contributed by atoms with Crippen LogP contribution in [0.3, 0.4) is 0 Å². The van der Waals surface area contributed by atoms with Crippen LogP contribution >= 0.6 is 23.5 Å². The van der Waals surface area contributed by atoms with E-state index in [0.717, 1.165) is 27.6 Å². The summed E-state index contributed by atoms with van der Waals surface area (Å²) in [5, 5.41) is 5.39. The fourth-order valence-corrected chi connectivity index (χ4v) is 1.98. The van der Waals surface area contributed by atoms with Crippen molar-refractivity contribution in [2.45, 2.75) is 4.34 Å². The lowest BCUT2D eigenvalue weighted by molar-refractivity contribution is 0.415. The molecule has 2 N–H and O–H groups in total. The first kappa shape index (κ1) is 10.4. The number of ether oxygens (including phenoxy) is 1. The molecule has 4 nitrogen and oxygen atoms in total. The van der Waals surface area contributed by atoms with Crippen molar-refractivity contribution in [3.8, 4) is 17.1 Å². The van der Waals surface area contributed by atoms with Crippen molar-refractivity contribution < 1.29 is 4.74 Å². The normalized spacial score (nSPS) is 10.3. The van der Waals surface area contributed by atoms with Gasteiger partial charge in [0.05, 0.1) is 7.11 Å². The summed E-state index contributed by atoms with van der Waals surface area (Å²) in [4.78, 5) is 4.26. The third kappa shape index (κ3) is 2.28. The van der Waals surface area contributed by atoms with Gasteiger partial charge in [-0.1, -0.05) is 0 Å². The van der Waals surface area contributed by atoms with Gasteiger partial charge in [0, 0.05) is 5.56 Å². The van der Waals surface area contributed by atoms with Crippen LogP contribution in [0.5, 0.6) is 5.75 Å². The number of nitrogens with two attached hydrogens (primary N) is 1. The number of hydrogen-bond acceptors (Lipinski definition) is 6. The summed E-state index contributed by atoms with van der Waals surface area (Å²) in [5.41, 5.74) is 0.965. The third-order valence-electron chi connectivity index (χ3n) is 1.86. The molecule has 0 aliphatic carbocycles. The summed E-state index contributed by atoms with van der Waals surface area (Å²) in [7, 11) is 1.64. The Morgan fingerprint density at radius 3 is 2.60 bits per heavy atom. The van der Waals surface area contributed by atoms with Crippen LogP contribution in [0.15, 0.2) is 28.6 Å². The zero-order valence-corrected chi connectivity index (χ0v) is 9.64. The van der Waals surface area contributed by atoms with Crippen molar-refractivity contribution in [1.29, 1.82) is 0 Å². The van der Waals surface area contributed by atoms with Gasteiger partial charge >= 0.3 is 0 Å². The summed E-state index contributed by atoms with van der Waals surface area (Å²) >= 11 is 2.41. The Bertz CT molecular complexity index is 441. The van der Waals surface area contributed by atoms with Gasteiger partial charge in [0.15, 0.2) is 10.2 Å². The molecule has 0 bridgehead atoms. The van der Waals surface area contributed by atoms with Gasteiger partial charge in [0.2, 0.25) is 0 Å². The molecule has 0 amide bonds. The Hall–Kier alpha value is -1.11. The number of methoxy groups -OCH3 is 1. The lowest BCUT2D eigenvalue weighted by Gasteiger charge is -1.99. The van der Waals surface area contributed by atoms with E-state index in [-0.39, 0.29) is 0 Å². The van der Waals surface area contributed by atoms with Gasteiger partial charge in [-0.2, -0.15) is 4.37 Å². The van der Waals surface area contributed by atoms with Crippen molar-refractivity contribution in [1.82, 2.24) is 9.36 Å². The van der Waals surface area contributed by atoms with Crippen LogP contribution in [-0.2, 0) is 0 Å². The molecule has 0 saturated carbocycles. The lowest BCUT2D eigenvalue weighted by Crippen LogP contribution is -1.84. The maximum Gasteiger partial charge on any atom is 0.185 e. The Labute approximate surface area is 95.8 Å². The lowest BCUT2D eigenvalue weighted by atomic mass is 10.2. The fourth-order valence-electron chi connectivity index (χ4n) is 1.11. The summed E-state index contributed by atoms with van der Waals surface area (Å²) in [6.07, 6.45) is 0. The molecule has 1 heterocycles. The summed E-state index contributed by atoms with van der Waals surface area (Å²) in [6.45, 7) is 0. The molecule has 78 valence electrons. The predicted octanol–water partition coefficient (Wildman–Crippen LogP) is 2.18. The van der Waals surface area contributed by atoms with Crippen LogP contribution < -0.4 is 9.88 Å². The third-order valence-corrected chi connectivity index (χ3v) is 3.17. The molecule has 15 heavy (non-hydrogen) atoms. The van der Waals surface area contributed by atoms with E-state index in [4.69, 9.17) is 9.88 Å². The number of aromatic nitrogens is 2. The molecule has 1 aromatic heterocycles. The maximum atomic E-state index is 5.39. The molecule has 1 aromatic carbocycles. The van der Waals surface area contributed by atoms with E-state index in [9.17, 15) is 0 Å². The molecular formula is C9H9N3OS2. The van der Waals surface area contributed by atoms with Crippen LogP contribution in [0.2, 0.25) is 0 Å². The second kappa shape index (κ2) is 4.61. The van der Waals surface area contributed by atoms with Gasteiger partial charge in [0.25, 0.3) is 0 Å². The van der Waals surface area contributed by atoms with Gasteiger partial charge in [-0.05, 0) is 47.7 Å². The first-order chi connectivity index (χ1) is 7.33. The molecule has 2 rings (SSSR count). The van der Waals surface area contributed by atoms with Crippen molar-refractivity contribution in [3.63, 3.8) is 0 Å². The van der Waals surface area contributed by atoms with Crippen molar-refractivity contribution in [2.75, 3.05) is 7.11 Å². The molecule has 0 spiro atoms. The van der Waals surface area contributed by atoms with Crippen LogP contribution in [-0.4, -0.2) is 16.5 Å². The van der Waals surface area contributed by atoms with Crippen molar-refractivity contribution >= 4 is 23.5 Å². The zero-order valence-electron chi connectivity index (χ0n) is 8.01. The highest BCUT2D eigenvalue weighted by Gasteiger charge is 2.05. The highest BCUT2D eigenvalue weighted by Crippen LogP contribution is 2.23. The minimum absolute atomic E-state index is 0.704. The number of rotatable bonds is 3. The quantitative estimate of drug-likeness (QED) is 0.832. The minimum Gasteiger partial charge on any atom is -0.497 e. The minimum atomic E-state index is 0.704. The van der Waals surface area contributed by atoms with E-state index < -0.39 is 0 Å². The summed E-state index contributed by atoms with van der Waals surface area (Å²) < 4.78 is 10.0. The van der Waals surface area contributed by atoms with Crippen LogP contribution in [0.4, 0.5) is 0 Å². The molecular weight excluding hydrogens is 230 g/mol. The van der Waals surface area contributed by atoms with Crippen molar-refractivity contribution in [3.05, 3.63) is 24.3 Å². The summed E-state index contributed by atoms with van der Waals surface area (Å²) in [5.74, 6) is 1.53. The average Bonchev–Trinajstić information content (AvgIpc) is 2.78. The highest BCUT2D eigenvalue weighted by atomic mass is 32.2. The van der Waals surface area contributed by atoms with Crippen LogP contribution in [0, 0.1) is 0 Å². The first-order valence-corrected chi connectivity index (χ1v) is 5.83. The first-order valence-electron chi connectivity index (χ1n) is 4.18. The molecule has 0 saturated heterocycles. The molecule has 0 radical (unpaired) electrons. The average molecular weight is 239 g/mol. The Kier molecular flexibility index (Phi) is 3.20. The van der Waals surface area contributed by atoms with E-state index in [0.29, 0.717) is 5.82 Å². The van der Waals surface area contributed by atoms with Gasteiger partial charge in [-0.25, -0.2) is 4.98 Å². The SMILES string of the molecule is COc1ccc(-c2nsc(SN)n2)cc1. The number of benzene rings is 1. The molecule has 0 aliphatic heterocycles. The Morgan fingerprint density at radius 2 is 2.07 bits per heavy atom. The topological polar surface area (TPSA) is 61.0 Å². The van der Waals surface area contributed by atoms with Gasteiger partial charge < -0.3 is 4.74 Å². The molecule has 2 aromatic rings. The number of nitrogens with zero attached hydrogens (tertiary/aromatic N) is 2. The van der Waals surface area contributed by atoms with Crippen LogP contribution in [0.1, 0.15) is 0 Å². The van der Waals surface area contributed by atoms with Crippen LogP contribution in [0.25, 0.3) is 11.4 Å². The molecule has 0 atom stereocenters. The van der Waals surface area contributed by atoms with E-state index in [1.165, 1.54) is 11.5 Å². The molecule has 6 heteroatoms. The standard InChI is InChI=1S/C9H9N3OS2/c1-13-7-4-2-6(3-5-7)8-11-9(14-10)15-12-8/h2-5H,10H2,1H3. The van der Waals surface area contributed by atoms with Gasteiger partial charge in [-0.3, -0.25) is 5.14 Å². The monoisotopic (exact) mass is 239 g/mol. The smallest absolute Gasteiger partial charge is 0.185 e. The highest BCUT2D eigenvalue weighted by molar-refractivity contribution is 7.98. The predicted molar refractivity (Wildman–Crippen MR) is 61.9 cm³/mol. The molecule has 0 unspecified atom stereocenters. The summed E-state index contributed by atoms with van der Waals surface area (Å²) in [6, 6.07) is 7.61. The van der Waals surface area contributed by atoms with Crippen molar-refractivity contribution in [2.24, 2.45) is 5.14 Å². The largest absolute Gasteiger partial charge is 0.497 e. The van der Waals surface area contributed by atoms with E-state index in [1.807, 2.05) is 24.3 Å².